The quantitative estimate of drug-likeness (QED) is 0.668. The van der Waals surface area contributed by atoms with Crippen LogP contribution >= 0.6 is 0 Å². The fourth-order valence-corrected chi connectivity index (χ4v) is 4.07. The van der Waals surface area contributed by atoms with E-state index < -0.39 is 10.0 Å². The molecule has 0 aliphatic carbocycles. The Bertz CT molecular complexity index is 975. The molecule has 6 heteroatoms. The zero-order chi connectivity index (χ0) is 17.2. The summed E-state index contributed by atoms with van der Waals surface area (Å²) in [6.07, 6.45) is 2.22. The second kappa shape index (κ2) is 6.49. The van der Waals surface area contributed by atoms with Crippen LogP contribution in [0, 0.1) is 0 Å². The van der Waals surface area contributed by atoms with Crippen molar-refractivity contribution in [3.05, 3.63) is 66.4 Å². The monoisotopic (exact) mass is 343 g/mol. The maximum Gasteiger partial charge on any atom is 0.305 e. The highest BCUT2D eigenvalue weighted by Crippen LogP contribution is 2.26. The van der Waals surface area contributed by atoms with Gasteiger partial charge in [0.1, 0.15) is 0 Å². The van der Waals surface area contributed by atoms with E-state index in [4.69, 9.17) is 0 Å². The molecule has 24 heavy (non-hydrogen) atoms. The van der Waals surface area contributed by atoms with Gasteiger partial charge in [0.25, 0.3) is 10.0 Å². The minimum Gasteiger partial charge on any atom is -0.469 e. The number of aryl methyl sites for hydroxylation is 1. The van der Waals surface area contributed by atoms with Gasteiger partial charge >= 0.3 is 5.97 Å². The summed E-state index contributed by atoms with van der Waals surface area (Å²) < 4.78 is 31.8. The number of nitrogens with zero attached hydrogens (tertiary/aromatic N) is 1. The Morgan fingerprint density at radius 1 is 1.04 bits per heavy atom. The number of hydrogen-bond donors (Lipinski definition) is 0. The molecular formula is C18H17NO4S. The van der Waals surface area contributed by atoms with Crippen molar-refractivity contribution in [1.82, 2.24) is 3.97 Å². The van der Waals surface area contributed by atoms with E-state index in [-0.39, 0.29) is 17.3 Å². The maximum absolute atomic E-state index is 12.9. The van der Waals surface area contributed by atoms with Crippen molar-refractivity contribution in [3.8, 4) is 0 Å². The number of methoxy groups -OCH3 is 1. The maximum atomic E-state index is 12.9. The van der Waals surface area contributed by atoms with Crippen LogP contribution in [0.5, 0.6) is 0 Å². The summed E-state index contributed by atoms with van der Waals surface area (Å²) in [7, 11) is -2.35. The molecule has 0 saturated carbocycles. The number of carbonyl (C=O) groups excluding carboxylic acids is 1. The van der Waals surface area contributed by atoms with Gasteiger partial charge in [0.05, 0.1) is 17.5 Å². The van der Waals surface area contributed by atoms with Crippen LogP contribution in [0.15, 0.2) is 65.7 Å². The van der Waals surface area contributed by atoms with Gasteiger partial charge in [0.2, 0.25) is 0 Å². The molecule has 0 aliphatic rings. The van der Waals surface area contributed by atoms with E-state index >= 15 is 0 Å². The summed E-state index contributed by atoms with van der Waals surface area (Å²) in [4.78, 5) is 11.6. The van der Waals surface area contributed by atoms with Crippen molar-refractivity contribution in [2.45, 2.75) is 17.7 Å². The molecule has 0 amide bonds. The molecule has 0 unspecified atom stereocenters. The highest BCUT2D eigenvalue weighted by molar-refractivity contribution is 7.90. The smallest absolute Gasteiger partial charge is 0.305 e. The van der Waals surface area contributed by atoms with Crippen LogP contribution in [-0.2, 0) is 26.0 Å². The van der Waals surface area contributed by atoms with Crippen molar-refractivity contribution < 1.29 is 17.9 Å². The van der Waals surface area contributed by atoms with Gasteiger partial charge in [-0.05, 0) is 30.2 Å². The molecule has 1 aromatic heterocycles. The molecule has 0 radical (unpaired) electrons. The number of rotatable bonds is 5. The standard InChI is InChI=1S/C18H17NO4S/c1-23-18(20)12-11-14-13-19(17-10-6-5-9-16(14)17)24(21,22)15-7-3-2-4-8-15/h2-10,13H,11-12H2,1H3. The van der Waals surface area contributed by atoms with E-state index in [1.807, 2.05) is 12.1 Å². The molecule has 3 rings (SSSR count). The third-order valence-corrected chi connectivity index (χ3v) is 5.57. The Hall–Kier alpha value is -2.60. The summed E-state index contributed by atoms with van der Waals surface area (Å²) in [5, 5.41) is 0.820. The van der Waals surface area contributed by atoms with E-state index in [0.29, 0.717) is 11.9 Å². The van der Waals surface area contributed by atoms with Crippen LogP contribution in [0.4, 0.5) is 0 Å². The number of hydrogen-bond acceptors (Lipinski definition) is 4. The summed E-state index contributed by atoms with van der Waals surface area (Å²) in [6.45, 7) is 0. The van der Waals surface area contributed by atoms with Gasteiger partial charge < -0.3 is 4.74 Å². The van der Waals surface area contributed by atoms with Crippen molar-refractivity contribution in [3.63, 3.8) is 0 Å². The molecular weight excluding hydrogens is 326 g/mol. The summed E-state index contributed by atoms with van der Waals surface area (Å²) >= 11 is 0. The third-order valence-electron chi connectivity index (χ3n) is 3.89. The first kappa shape index (κ1) is 16.3. The van der Waals surface area contributed by atoms with Gasteiger partial charge in [-0.15, -0.1) is 0 Å². The minimum absolute atomic E-state index is 0.204. The van der Waals surface area contributed by atoms with E-state index in [2.05, 4.69) is 4.74 Å². The highest BCUT2D eigenvalue weighted by atomic mass is 32.2. The van der Waals surface area contributed by atoms with Crippen LogP contribution in [0.25, 0.3) is 10.9 Å². The zero-order valence-corrected chi connectivity index (χ0v) is 14.0. The van der Waals surface area contributed by atoms with Crippen molar-refractivity contribution in [2.75, 3.05) is 7.11 Å². The normalized spacial score (nSPS) is 11.5. The van der Waals surface area contributed by atoms with Crippen molar-refractivity contribution in [2.24, 2.45) is 0 Å². The number of esters is 1. The molecule has 0 N–H and O–H groups in total. The van der Waals surface area contributed by atoms with E-state index in [1.165, 1.54) is 11.1 Å². The molecule has 0 spiro atoms. The molecule has 0 saturated heterocycles. The number of carbonyl (C=O) groups is 1. The first-order chi connectivity index (χ1) is 11.5. The molecule has 124 valence electrons. The molecule has 3 aromatic rings. The van der Waals surface area contributed by atoms with Crippen molar-refractivity contribution >= 4 is 26.9 Å². The fourth-order valence-electron chi connectivity index (χ4n) is 2.66. The predicted molar refractivity (Wildman–Crippen MR) is 91.3 cm³/mol. The molecule has 0 atom stereocenters. The minimum atomic E-state index is -3.69. The van der Waals surface area contributed by atoms with Gasteiger partial charge in [0, 0.05) is 18.0 Å². The lowest BCUT2D eigenvalue weighted by atomic mass is 10.1. The highest BCUT2D eigenvalue weighted by Gasteiger charge is 2.21. The Labute approximate surface area is 140 Å². The Balaban J connectivity index is 2.11. The third kappa shape index (κ3) is 2.92. The molecule has 2 aromatic carbocycles. The van der Waals surface area contributed by atoms with Crippen LogP contribution in [0.3, 0.4) is 0 Å². The van der Waals surface area contributed by atoms with Gasteiger partial charge in [-0.3, -0.25) is 4.79 Å². The molecule has 0 fully saturated rings. The Kier molecular flexibility index (Phi) is 4.40. The number of fused-ring (bicyclic) bond motifs is 1. The summed E-state index contributed by atoms with van der Waals surface area (Å²) in [6, 6.07) is 15.6. The lowest BCUT2D eigenvalue weighted by Crippen LogP contribution is -2.11. The van der Waals surface area contributed by atoms with Gasteiger partial charge in [-0.25, -0.2) is 12.4 Å². The Morgan fingerprint density at radius 3 is 2.42 bits per heavy atom. The van der Waals surface area contributed by atoms with E-state index in [0.717, 1.165) is 10.9 Å². The predicted octanol–water partition coefficient (Wildman–Crippen LogP) is 2.98. The second-order valence-corrected chi connectivity index (χ2v) is 7.18. The molecule has 5 nitrogen and oxygen atoms in total. The lowest BCUT2D eigenvalue weighted by Gasteiger charge is -2.07. The molecule has 1 heterocycles. The lowest BCUT2D eigenvalue weighted by molar-refractivity contribution is -0.140. The van der Waals surface area contributed by atoms with Crippen LogP contribution in [-0.4, -0.2) is 25.5 Å². The first-order valence-electron chi connectivity index (χ1n) is 7.50. The SMILES string of the molecule is COC(=O)CCc1cn(S(=O)(=O)c2ccccc2)c2ccccc12. The average molecular weight is 343 g/mol. The fraction of sp³-hybridized carbons (Fsp3) is 0.167. The summed E-state index contributed by atoms with van der Waals surface area (Å²) in [5.41, 5.74) is 1.40. The molecule has 0 bridgehead atoms. The second-order valence-electron chi connectivity index (χ2n) is 5.36. The number of benzene rings is 2. The van der Waals surface area contributed by atoms with Gasteiger partial charge in [0.15, 0.2) is 0 Å². The van der Waals surface area contributed by atoms with Gasteiger partial charge in [-0.2, -0.15) is 0 Å². The van der Waals surface area contributed by atoms with E-state index in [1.54, 1.807) is 48.7 Å². The Morgan fingerprint density at radius 2 is 1.71 bits per heavy atom. The van der Waals surface area contributed by atoms with Crippen molar-refractivity contribution in [1.29, 1.82) is 0 Å². The number of para-hydroxylation sites is 1. The number of aromatic nitrogens is 1. The first-order valence-corrected chi connectivity index (χ1v) is 8.94. The molecule has 0 aliphatic heterocycles. The largest absolute Gasteiger partial charge is 0.469 e. The van der Waals surface area contributed by atoms with Crippen LogP contribution in [0.2, 0.25) is 0 Å². The average Bonchev–Trinajstić information content (AvgIpc) is 3.00. The zero-order valence-electron chi connectivity index (χ0n) is 13.2. The number of ether oxygens (including phenoxy) is 1. The topological polar surface area (TPSA) is 65.4 Å². The van der Waals surface area contributed by atoms with Gasteiger partial charge in [-0.1, -0.05) is 36.4 Å². The van der Waals surface area contributed by atoms with E-state index in [9.17, 15) is 13.2 Å². The van der Waals surface area contributed by atoms with Crippen LogP contribution < -0.4 is 0 Å². The van der Waals surface area contributed by atoms with Crippen LogP contribution in [0.1, 0.15) is 12.0 Å². The summed E-state index contributed by atoms with van der Waals surface area (Å²) in [5.74, 6) is -0.322.